The average molecular weight is 391 g/mol. The molecule has 0 fully saturated rings. The zero-order valence-corrected chi connectivity index (χ0v) is 16.0. The highest BCUT2D eigenvalue weighted by Crippen LogP contribution is 2.32. The number of carbonyl (C=O) groups is 1. The third kappa shape index (κ3) is 4.43. The monoisotopic (exact) mass is 391 g/mol. The summed E-state index contributed by atoms with van der Waals surface area (Å²) in [5, 5.41) is 2.93. The molecule has 3 aromatic rings. The minimum atomic E-state index is -0.175. The van der Waals surface area contributed by atoms with Crippen molar-refractivity contribution in [3.8, 4) is 23.0 Å². The minimum absolute atomic E-state index is 0.175. The normalized spacial score (nSPS) is 11.8. The number of para-hydroxylation sites is 1. The quantitative estimate of drug-likeness (QED) is 0.661. The molecular formula is C23H21NO5. The molecule has 0 bridgehead atoms. The Morgan fingerprint density at radius 3 is 2.66 bits per heavy atom. The molecule has 1 amide bonds. The molecule has 1 N–H and O–H groups in total. The van der Waals surface area contributed by atoms with E-state index in [4.69, 9.17) is 18.9 Å². The van der Waals surface area contributed by atoms with Gasteiger partial charge in [0.25, 0.3) is 5.91 Å². The van der Waals surface area contributed by atoms with Crippen molar-refractivity contribution in [2.24, 2.45) is 0 Å². The first kappa shape index (κ1) is 18.7. The molecule has 0 atom stereocenters. The first-order valence-corrected chi connectivity index (χ1v) is 9.24. The fourth-order valence-corrected chi connectivity index (χ4v) is 3.05. The molecule has 6 nitrogen and oxygen atoms in total. The maximum Gasteiger partial charge on any atom is 0.251 e. The van der Waals surface area contributed by atoms with E-state index >= 15 is 0 Å². The maximum atomic E-state index is 12.6. The zero-order valence-electron chi connectivity index (χ0n) is 16.0. The van der Waals surface area contributed by atoms with Crippen molar-refractivity contribution in [1.29, 1.82) is 0 Å². The largest absolute Gasteiger partial charge is 0.496 e. The molecule has 1 heterocycles. The average Bonchev–Trinajstić information content (AvgIpc) is 3.24. The summed E-state index contributed by atoms with van der Waals surface area (Å²) < 4.78 is 21.9. The van der Waals surface area contributed by atoms with Crippen LogP contribution in [0, 0.1) is 0 Å². The van der Waals surface area contributed by atoms with Crippen molar-refractivity contribution in [1.82, 2.24) is 5.32 Å². The molecule has 1 aliphatic heterocycles. The van der Waals surface area contributed by atoms with Gasteiger partial charge in [0.05, 0.1) is 7.11 Å². The van der Waals surface area contributed by atoms with Gasteiger partial charge in [0.2, 0.25) is 6.79 Å². The van der Waals surface area contributed by atoms with Gasteiger partial charge < -0.3 is 24.3 Å². The van der Waals surface area contributed by atoms with Crippen LogP contribution in [0.15, 0.2) is 66.7 Å². The van der Waals surface area contributed by atoms with Crippen molar-refractivity contribution >= 4 is 5.91 Å². The van der Waals surface area contributed by atoms with Crippen molar-refractivity contribution in [2.75, 3.05) is 13.9 Å². The molecule has 3 aromatic carbocycles. The van der Waals surface area contributed by atoms with E-state index < -0.39 is 0 Å². The molecule has 0 aliphatic carbocycles. The molecule has 6 heteroatoms. The van der Waals surface area contributed by atoms with Crippen molar-refractivity contribution in [3.63, 3.8) is 0 Å². The summed E-state index contributed by atoms with van der Waals surface area (Å²) in [6.07, 6.45) is 0. The van der Waals surface area contributed by atoms with Crippen LogP contribution in [0.5, 0.6) is 23.0 Å². The Labute approximate surface area is 169 Å². The predicted octanol–water partition coefficient (Wildman–Crippen LogP) is 3.93. The van der Waals surface area contributed by atoms with Gasteiger partial charge in [0.1, 0.15) is 18.1 Å². The summed E-state index contributed by atoms with van der Waals surface area (Å²) in [6, 6.07) is 20.4. The van der Waals surface area contributed by atoms with Crippen LogP contribution in [-0.4, -0.2) is 19.8 Å². The second-order valence-electron chi connectivity index (χ2n) is 6.50. The molecule has 0 aromatic heterocycles. The van der Waals surface area contributed by atoms with E-state index in [-0.39, 0.29) is 12.7 Å². The number of amides is 1. The van der Waals surface area contributed by atoms with Gasteiger partial charge >= 0.3 is 0 Å². The van der Waals surface area contributed by atoms with Crippen LogP contribution in [0.4, 0.5) is 0 Å². The molecule has 0 spiro atoms. The van der Waals surface area contributed by atoms with Gasteiger partial charge in [0.15, 0.2) is 11.5 Å². The summed E-state index contributed by atoms with van der Waals surface area (Å²) in [7, 11) is 1.60. The summed E-state index contributed by atoms with van der Waals surface area (Å²) in [5.41, 5.74) is 2.27. The standard InChI is InChI=1S/C23H21NO5/c1-26-20-10-8-17(12-18(20)14-27-19-5-3-2-4-6-19)23(25)24-13-16-7-9-21-22(11-16)29-15-28-21/h2-12H,13-15H2,1H3,(H,24,25). The Morgan fingerprint density at radius 2 is 1.83 bits per heavy atom. The van der Waals surface area contributed by atoms with Crippen LogP contribution in [0.25, 0.3) is 0 Å². The predicted molar refractivity (Wildman–Crippen MR) is 108 cm³/mol. The number of nitrogens with one attached hydrogen (secondary N) is 1. The summed E-state index contributed by atoms with van der Waals surface area (Å²) >= 11 is 0. The Kier molecular flexibility index (Phi) is 5.52. The minimum Gasteiger partial charge on any atom is -0.496 e. The van der Waals surface area contributed by atoms with Gasteiger partial charge in [-0.2, -0.15) is 0 Å². The van der Waals surface area contributed by atoms with Crippen LogP contribution in [-0.2, 0) is 13.2 Å². The van der Waals surface area contributed by atoms with Gasteiger partial charge in [-0.25, -0.2) is 0 Å². The lowest BCUT2D eigenvalue weighted by molar-refractivity contribution is 0.0950. The van der Waals surface area contributed by atoms with Crippen molar-refractivity contribution in [3.05, 3.63) is 83.4 Å². The van der Waals surface area contributed by atoms with Crippen molar-refractivity contribution < 1.29 is 23.7 Å². The zero-order chi connectivity index (χ0) is 20.1. The van der Waals surface area contributed by atoms with E-state index in [1.54, 1.807) is 25.3 Å². The number of hydrogen-bond donors (Lipinski definition) is 1. The number of methoxy groups -OCH3 is 1. The molecule has 0 saturated heterocycles. The Morgan fingerprint density at radius 1 is 1.00 bits per heavy atom. The number of benzene rings is 3. The molecule has 0 saturated carbocycles. The van der Waals surface area contributed by atoms with Gasteiger partial charge in [-0.15, -0.1) is 0 Å². The molecule has 29 heavy (non-hydrogen) atoms. The van der Waals surface area contributed by atoms with Gasteiger partial charge in [-0.3, -0.25) is 4.79 Å². The van der Waals surface area contributed by atoms with Crippen molar-refractivity contribution in [2.45, 2.75) is 13.2 Å². The molecule has 0 radical (unpaired) electrons. The van der Waals surface area contributed by atoms with E-state index in [9.17, 15) is 4.79 Å². The van der Waals surface area contributed by atoms with Crippen LogP contribution in [0.1, 0.15) is 21.5 Å². The smallest absolute Gasteiger partial charge is 0.251 e. The number of fused-ring (bicyclic) bond motifs is 1. The second kappa shape index (κ2) is 8.56. The molecule has 1 aliphatic rings. The fourth-order valence-electron chi connectivity index (χ4n) is 3.05. The van der Waals surface area contributed by atoms with E-state index in [1.165, 1.54) is 0 Å². The second-order valence-corrected chi connectivity index (χ2v) is 6.50. The highest BCUT2D eigenvalue weighted by molar-refractivity contribution is 5.94. The number of carbonyl (C=O) groups excluding carboxylic acids is 1. The highest BCUT2D eigenvalue weighted by Gasteiger charge is 2.14. The van der Waals surface area contributed by atoms with E-state index in [2.05, 4.69) is 5.32 Å². The lowest BCUT2D eigenvalue weighted by atomic mass is 10.1. The topological polar surface area (TPSA) is 66.0 Å². The number of hydrogen-bond acceptors (Lipinski definition) is 5. The molecule has 4 rings (SSSR count). The third-order valence-electron chi connectivity index (χ3n) is 4.57. The molecule has 148 valence electrons. The summed E-state index contributed by atoms with van der Waals surface area (Å²) in [4.78, 5) is 12.6. The van der Waals surface area contributed by atoms with E-state index in [0.29, 0.717) is 30.2 Å². The van der Waals surface area contributed by atoms with E-state index in [0.717, 1.165) is 22.6 Å². The summed E-state index contributed by atoms with van der Waals surface area (Å²) in [6.45, 7) is 0.915. The van der Waals surface area contributed by atoms with Gasteiger partial charge in [-0.05, 0) is 48.0 Å². The fraction of sp³-hybridized carbons (Fsp3) is 0.174. The SMILES string of the molecule is COc1ccc(C(=O)NCc2ccc3c(c2)OCO3)cc1COc1ccccc1. The molecular weight excluding hydrogens is 370 g/mol. The van der Waals surface area contributed by atoms with Crippen LogP contribution in [0.3, 0.4) is 0 Å². The lowest BCUT2D eigenvalue weighted by Gasteiger charge is -2.12. The Bertz CT molecular complexity index is 1000. The van der Waals surface area contributed by atoms with Crippen LogP contribution in [0.2, 0.25) is 0 Å². The lowest BCUT2D eigenvalue weighted by Crippen LogP contribution is -2.23. The highest BCUT2D eigenvalue weighted by atomic mass is 16.7. The summed E-state index contributed by atoms with van der Waals surface area (Å²) in [5.74, 6) is 2.67. The Hall–Kier alpha value is -3.67. The third-order valence-corrected chi connectivity index (χ3v) is 4.57. The van der Waals surface area contributed by atoms with Crippen LogP contribution < -0.4 is 24.3 Å². The first-order valence-electron chi connectivity index (χ1n) is 9.24. The number of rotatable bonds is 7. The Balaban J connectivity index is 1.42. The molecule has 0 unspecified atom stereocenters. The first-order chi connectivity index (χ1) is 14.2. The van der Waals surface area contributed by atoms with E-state index in [1.807, 2.05) is 48.5 Å². The van der Waals surface area contributed by atoms with Crippen LogP contribution >= 0.6 is 0 Å². The van der Waals surface area contributed by atoms with Gasteiger partial charge in [-0.1, -0.05) is 24.3 Å². The maximum absolute atomic E-state index is 12.6. The number of ether oxygens (including phenoxy) is 4. The van der Waals surface area contributed by atoms with Gasteiger partial charge in [0, 0.05) is 17.7 Å².